The fraction of sp³-hybridized carbons (Fsp3) is 0.696. The number of likely N-dealkylation sites (tertiary alicyclic amines) is 1. The number of nitrogens with zero attached hydrogens (tertiary/aromatic N) is 1. The van der Waals surface area contributed by atoms with Gasteiger partial charge in [0.05, 0.1) is 19.3 Å². The van der Waals surface area contributed by atoms with Gasteiger partial charge in [-0.1, -0.05) is 13.0 Å². The molecule has 1 heterocycles. The topological polar surface area (TPSA) is 79.2 Å². The molecule has 1 aliphatic heterocycles. The SMILES string of the molecule is COc1ccc([C@@H]2CN(C3(C(=O)O)CC3)C[C@@]2(C)[C@@H](C)O)cc1OC1CCCC1. The van der Waals surface area contributed by atoms with Crippen LogP contribution in [-0.2, 0) is 4.79 Å². The fourth-order valence-electron chi connectivity index (χ4n) is 5.22. The molecule has 0 bridgehead atoms. The molecule has 0 unspecified atom stereocenters. The number of carboxylic acid groups (broad SMARTS) is 1. The molecule has 6 nitrogen and oxygen atoms in total. The highest BCUT2D eigenvalue weighted by atomic mass is 16.5. The van der Waals surface area contributed by atoms with Crippen LogP contribution in [-0.4, -0.2) is 59.0 Å². The summed E-state index contributed by atoms with van der Waals surface area (Å²) in [4.78, 5) is 14.0. The summed E-state index contributed by atoms with van der Waals surface area (Å²) in [6, 6.07) is 6.02. The number of hydrogen-bond acceptors (Lipinski definition) is 5. The first-order valence-electron chi connectivity index (χ1n) is 10.8. The average Bonchev–Trinajstić information content (AvgIpc) is 3.20. The Hall–Kier alpha value is -1.79. The Balaban J connectivity index is 1.65. The first-order valence-corrected chi connectivity index (χ1v) is 10.8. The smallest absolute Gasteiger partial charge is 0.324 e. The van der Waals surface area contributed by atoms with Gasteiger partial charge in [0.25, 0.3) is 0 Å². The first-order chi connectivity index (χ1) is 13.8. The largest absolute Gasteiger partial charge is 0.493 e. The second-order valence-electron chi connectivity index (χ2n) is 9.39. The molecule has 1 saturated heterocycles. The van der Waals surface area contributed by atoms with Crippen LogP contribution in [0.15, 0.2) is 18.2 Å². The summed E-state index contributed by atoms with van der Waals surface area (Å²) in [5, 5.41) is 20.4. The third kappa shape index (κ3) is 3.50. The van der Waals surface area contributed by atoms with Gasteiger partial charge < -0.3 is 19.7 Å². The minimum atomic E-state index is -0.749. The van der Waals surface area contributed by atoms with Gasteiger partial charge in [-0.15, -0.1) is 0 Å². The molecule has 6 heteroatoms. The molecule has 29 heavy (non-hydrogen) atoms. The van der Waals surface area contributed by atoms with Crippen molar-refractivity contribution in [2.75, 3.05) is 20.2 Å². The predicted molar refractivity (Wildman–Crippen MR) is 110 cm³/mol. The van der Waals surface area contributed by atoms with Crippen molar-refractivity contribution < 1.29 is 24.5 Å². The van der Waals surface area contributed by atoms with Crippen molar-refractivity contribution >= 4 is 5.97 Å². The van der Waals surface area contributed by atoms with Crippen molar-refractivity contribution in [2.24, 2.45) is 5.41 Å². The molecule has 0 spiro atoms. The molecule has 2 N–H and O–H groups in total. The zero-order chi connectivity index (χ0) is 20.8. The molecule has 1 aromatic carbocycles. The van der Waals surface area contributed by atoms with Crippen molar-refractivity contribution in [3.63, 3.8) is 0 Å². The Bertz CT molecular complexity index is 769. The Morgan fingerprint density at radius 1 is 1.24 bits per heavy atom. The molecule has 2 saturated carbocycles. The average molecular weight is 404 g/mol. The van der Waals surface area contributed by atoms with E-state index in [0.717, 1.165) is 29.9 Å². The molecule has 4 rings (SSSR count). The van der Waals surface area contributed by atoms with Crippen molar-refractivity contribution in [3.05, 3.63) is 23.8 Å². The fourth-order valence-corrected chi connectivity index (χ4v) is 5.22. The number of aliphatic hydroxyl groups is 1. The van der Waals surface area contributed by atoms with E-state index in [1.807, 2.05) is 25.1 Å². The van der Waals surface area contributed by atoms with Gasteiger partial charge in [-0.3, -0.25) is 9.69 Å². The maximum absolute atomic E-state index is 11.9. The number of benzene rings is 1. The molecular weight excluding hydrogens is 370 g/mol. The lowest BCUT2D eigenvalue weighted by atomic mass is 9.72. The maximum atomic E-state index is 11.9. The van der Waals surface area contributed by atoms with Crippen molar-refractivity contribution in [3.8, 4) is 11.5 Å². The Morgan fingerprint density at radius 3 is 2.48 bits per heavy atom. The zero-order valence-corrected chi connectivity index (χ0v) is 17.7. The van der Waals surface area contributed by atoms with Crippen LogP contribution in [0.4, 0.5) is 0 Å². The molecular formula is C23H33NO5. The number of methoxy groups -OCH3 is 1. The summed E-state index contributed by atoms with van der Waals surface area (Å²) in [5.74, 6) is 0.753. The summed E-state index contributed by atoms with van der Waals surface area (Å²) in [7, 11) is 1.65. The minimum absolute atomic E-state index is 0.0242. The minimum Gasteiger partial charge on any atom is -0.493 e. The van der Waals surface area contributed by atoms with Crippen LogP contribution in [0.25, 0.3) is 0 Å². The van der Waals surface area contributed by atoms with E-state index in [0.29, 0.717) is 25.9 Å². The monoisotopic (exact) mass is 403 g/mol. The number of carbonyl (C=O) groups is 1. The van der Waals surface area contributed by atoms with Gasteiger partial charge in [0.1, 0.15) is 5.54 Å². The molecule has 0 aromatic heterocycles. The maximum Gasteiger partial charge on any atom is 0.324 e. The van der Waals surface area contributed by atoms with Crippen LogP contribution >= 0.6 is 0 Å². The van der Waals surface area contributed by atoms with E-state index >= 15 is 0 Å². The van der Waals surface area contributed by atoms with Crippen LogP contribution in [0.5, 0.6) is 11.5 Å². The molecule has 160 valence electrons. The summed E-state index contributed by atoms with van der Waals surface area (Å²) in [6.45, 7) is 5.09. The van der Waals surface area contributed by atoms with Gasteiger partial charge in [0, 0.05) is 24.4 Å². The highest BCUT2D eigenvalue weighted by molar-refractivity contribution is 5.82. The highest BCUT2D eigenvalue weighted by Gasteiger charge is 2.61. The lowest BCUT2D eigenvalue weighted by Crippen LogP contribution is -2.44. The van der Waals surface area contributed by atoms with Gasteiger partial charge in [-0.25, -0.2) is 0 Å². The number of rotatable bonds is 7. The predicted octanol–water partition coefficient (Wildman–Crippen LogP) is 3.42. The summed E-state index contributed by atoms with van der Waals surface area (Å²) in [6.07, 6.45) is 5.57. The Labute approximate surface area is 172 Å². The second-order valence-corrected chi connectivity index (χ2v) is 9.39. The first kappa shape index (κ1) is 20.5. The van der Waals surface area contributed by atoms with Gasteiger partial charge >= 0.3 is 5.97 Å². The van der Waals surface area contributed by atoms with Crippen LogP contribution in [0.3, 0.4) is 0 Å². The standard InChI is InChI=1S/C23H33NO5/c1-15(25)22(2)14-24(23(10-11-23)21(26)27)13-18(22)16-8-9-19(28-3)20(12-16)29-17-6-4-5-7-17/h8-9,12,15,17-18,25H,4-7,10-11,13-14H2,1-3H3,(H,26,27)/t15-,18+,22+/m1/s1. The van der Waals surface area contributed by atoms with E-state index in [2.05, 4.69) is 11.8 Å². The van der Waals surface area contributed by atoms with E-state index < -0.39 is 23.0 Å². The zero-order valence-electron chi connectivity index (χ0n) is 17.7. The second kappa shape index (κ2) is 7.47. The Kier molecular flexibility index (Phi) is 5.28. The van der Waals surface area contributed by atoms with Gasteiger partial charge in [0.2, 0.25) is 0 Å². The molecule has 0 amide bonds. The lowest BCUT2D eigenvalue weighted by Gasteiger charge is -2.34. The van der Waals surface area contributed by atoms with Crippen molar-refractivity contribution in [1.82, 2.24) is 4.90 Å². The van der Waals surface area contributed by atoms with Gasteiger partial charge in [-0.05, 0) is 63.1 Å². The van der Waals surface area contributed by atoms with Crippen LogP contribution < -0.4 is 9.47 Å². The lowest BCUT2D eigenvalue weighted by molar-refractivity contribution is -0.145. The Morgan fingerprint density at radius 2 is 1.93 bits per heavy atom. The summed E-state index contributed by atoms with van der Waals surface area (Å²) >= 11 is 0. The summed E-state index contributed by atoms with van der Waals surface area (Å²) < 4.78 is 11.8. The van der Waals surface area contributed by atoms with E-state index in [9.17, 15) is 15.0 Å². The summed E-state index contributed by atoms with van der Waals surface area (Å²) in [5.41, 5.74) is -0.101. The normalized spacial score (nSPS) is 30.3. The van der Waals surface area contributed by atoms with Crippen LogP contribution in [0.2, 0.25) is 0 Å². The highest BCUT2D eigenvalue weighted by Crippen LogP contribution is 2.53. The number of aliphatic hydroxyl groups excluding tert-OH is 1. The molecule has 3 atom stereocenters. The van der Waals surface area contributed by atoms with E-state index in [1.165, 1.54) is 12.8 Å². The molecule has 1 aromatic rings. The van der Waals surface area contributed by atoms with E-state index in [4.69, 9.17) is 9.47 Å². The third-order valence-corrected chi connectivity index (χ3v) is 7.60. The van der Waals surface area contributed by atoms with Crippen LogP contribution in [0, 0.1) is 5.41 Å². The molecule has 3 aliphatic rings. The third-order valence-electron chi connectivity index (χ3n) is 7.60. The quantitative estimate of drug-likeness (QED) is 0.726. The number of ether oxygens (including phenoxy) is 2. The van der Waals surface area contributed by atoms with Gasteiger partial charge in [0.15, 0.2) is 11.5 Å². The van der Waals surface area contributed by atoms with E-state index in [-0.39, 0.29) is 12.0 Å². The van der Waals surface area contributed by atoms with Crippen LogP contribution in [0.1, 0.15) is 63.9 Å². The molecule has 2 aliphatic carbocycles. The molecule has 3 fully saturated rings. The van der Waals surface area contributed by atoms with Gasteiger partial charge in [-0.2, -0.15) is 0 Å². The number of carboxylic acids is 1. The number of aliphatic carboxylic acids is 1. The number of hydrogen-bond donors (Lipinski definition) is 2. The van der Waals surface area contributed by atoms with E-state index in [1.54, 1.807) is 7.11 Å². The van der Waals surface area contributed by atoms with Crippen molar-refractivity contribution in [2.45, 2.75) is 76.0 Å². The van der Waals surface area contributed by atoms with Crippen molar-refractivity contribution in [1.29, 1.82) is 0 Å². The molecule has 0 radical (unpaired) electrons.